The van der Waals surface area contributed by atoms with E-state index in [1.165, 1.54) is 0 Å². The summed E-state index contributed by atoms with van der Waals surface area (Å²) < 4.78 is 13.1. The Kier molecular flexibility index (Phi) is 12.1. The van der Waals surface area contributed by atoms with Gasteiger partial charge in [-0.1, -0.05) is 103 Å². The average Bonchev–Trinajstić information content (AvgIpc) is 3.13. The molecule has 1 amide bonds. The van der Waals surface area contributed by atoms with E-state index in [4.69, 9.17) is 14.6 Å². The predicted octanol–water partition coefficient (Wildman–Crippen LogP) is 5.93. The molecule has 0 unspecified atom stereocenters. The number of carbonyl (C=O) groups is 2. The number of carboxylic acid groups (broad SMARTS) is 1. The van der Waals surface area contributed by atoms with Crippen LogP contribution in [0.2, 0.25) is 0 Å². The molecule has 1 aliphatic heterocycles. The summed E-state index contributed by atoms with van der Waals surface area (Å²) in [7, 11) is 2.00. The number of carbonyl (C=O) groups excluding carboxylic acids is 1. The summed E-state index contributed by atoms with van der Waals surface area (Å²) in [6.07, 6.45) is -1.36. The van der Waals surface area contributed by atoms with Crippen LogP contribution in [0.1, 0.15) is 72.5 Å². The highest BCUT2D eigenvalue weighted by molar-refractivity contribution is 5.80. The van der Waals surface area contributed by atoms with Crippen LogP contribution in [0, 0.1) is 0 Å². The number of benzene rings is 4. The molecule has 0 bridgehead atoms. The second-order valence-corrected chi connectivity index (χ2v) is 12.3. The molecule has 1 heterocycles. The number of likely N-dealkylation sites (N-methyl/N-ethyl adjacent to an activating group) is 1. The molecule has 0 spiro atoms. The zero-order valence-corrected chi connectivity index (χ0v) is 27.4. The average molecular weight is 653 g/mol. The number of hydrogen-bond donors (Lipinski definition) is 4. The summed E-state index contributed by atoms with van der Waals surface area (Å²) in [5.74, 6) is -1.31. The number of carboxylic acids is 1. The van der Waals surface area contributed by atoms with E-state index in [1.807, 2.05) is 117 Å². The molecule has 1 aliphatic rings. The Morgan fingerprint density at radius 1 is 0.875 bits per heavy atom. The summed E-state index contributed by atoms with van der Waals surface area (Å²) in [5, 5.41) is 32.3. The Morgan fingerprint density at radius 3 is 2.23 bits per heavy atom. The van der Waals surface area contributed by atoms with E-state index in [9.17, 15) is 19.8 Å². The molecular weight excluding hydrogens is 608 g/mol. The van der Waals surface area contributed by atoms with Crippen molar-refractivity contribution in [1.82, 2.24) is 10.2 Å². The molecule has 0 aliphatic carbocycles. The Bertz CT molecular complexity index is 1630. The molecule has 0 aromatic heterocycles. The van der Waals surface area contributed by atoms with Crippen molar-refractivity contribution in [2.24, 2.45) is 0 Å². The number of ether oxygens (including phenoxy) is 2. The van der Waals surface area contributed by atoms with Gasteiger partial charge < -0.3 is 30.1 Å². The van der Waals surface area contributed by atoms with Crippen LogP contribution in [0.25, 0.3) is 11.1 Å². The number of nitrogens with one attached hydrogen (secondary N) is 1. The van der Waals surface area contributed by atoms with E-state index in [2.05, 4.69) is 10.2 Å². The Morgan fingerprint density at radius 2 is 1.54 bits per heavy atom. The molecule has 1 saturated heterocycles. The van der Waals surface area contributed by atoms with E-state index in [0.29, 0.717) is 13.0 Å². The maximum atomic E-state index is 12.1. The summed E-state index contributed by atoms with van der Waals surface area (Å²) in [6.45, 7) is 2.85. The highest BCUT2D eigenvalue weighted by Crippen LogP contribution is 2.39. The molecule has 252 valence electrons. The Balaban J connectivity index is 1.32. The van der Waals surface area contributed by atoms with Crippen molar-refractivity contribution in [2.45, 2.75) is 70.0 Å². The Labute approximate surface area is 281 Å². The van der Waals surface area contributed by atoms with E-state index < -0.39 is 18.4 Å². The van der Waals surface area contributed by atoms with E-state index >= 15 is 0 Å². The number of aliphatic hydroxyl groups excluding tert-OH is 2. The van der Waals surface area contributed by atoms with Gasteiger partial charge in [0.25, 0.3) is 0 Å². The van der Waals surface area contributed by atoms with Gasteiger partial charge in [-0.25, -0.2) is 0 Å². The van der Waals surface area contributed by atoms with Crippen molar-refractivity contribution in [2.75, 3.05) is 13.6 Å². The fourth-order valence-corrected chi connectivity index (χ4v) is 5.97. The zero-order chi connectivity index (χ0) is 34.0. The number of amides is 1. The molecule has 9 heteroatoms. The number of nitrogens with zero attached hydrogens (tertiary/aromatic N) is 1. The van der Waals surface area contributed by atoms with Gasteiger partial charge in [0.1, 0.15) is 0 Å². The summed E-state index contributed by atoms with van der Waals surface area (Å²) in [5.41, 5.74) is 6.40. The second kappa shape index (κ2) is 16.6. The number of hydrogen-bond acceptors (Lipinski definition) is 7. The van der Waals surface area contributed by atoms with Crippen LogP contribution in [0.15, 0.2) is 103 Å². The van der Waals surface area contributed by atoms with E-state index in [0.717, 1.165) is 38.9 Å². The molecule has 1 fully saturated rings. The first-order valence-electron chi connectivity index (χ1n) is 16.3. The van der Waals surface area contributed by atoms with Crippen LogP contribution in [0.3, 0.4) is 0 Å². The van der Waals surface area contributed by atoms with Crippen LogP contribution in [0.4, 0.5) is 0 Å². The quantitative estimate of drug-likeness (QED) is 0.132. The highest BCUT2D eigenvalue weighted by atomic mass is 16.7. The van der Waals surface area contributed by atoms with E-state index in [1.54, 1.807) is 0 Å². The molecule has 5 rings (SSSR count). The van der Waals surface area contributed by atoms with Crippen molar-refractivity contribution >= 4 is 11.9 Å². The number of aliphatic hydroxyl groups is 2. The van der Waals surface area contributed by atoms with Crippen LogP contribution in [0.5, 0.6) is 0 Å². The monoisotopic (exact) mass is 652 g/mol. The minimum Gasteiger partial charge on any atom is -0.481 e. The summed E-state index contributed by atoms with van der Waals surface area (Å²) >= 11 is 0. The second-order valence-electron chi connectivity index (χ2n) is 12.3. The first kappa shape index (κ1) is 34.9. The van der Waals surface area contributed by atoms with Crippen molar-refractivity contribution < 1.29 is 34.4 Å². The molecule has 0 saturated carbocycles. The minimum absolute atomic E-state index is 0.0286. The molecule has 0 radical (unpaired) electrons. The third-order valence-electron chi connectivity index (χ3n) is 8.95. The zero-order valence-electron chi connectivity index (χ0n) is 27.4. The first-order chi connectivity index (χ1) is 23.2. The van der Waals surface area contributed by atoms with E-state index in [-0.39, 0.29) is 50.2 Å². The standard InChI is InChI=1S/C39H44N2O7/c1-26(38(46)30-8-4-3-5-9-30)41(2)24-33-22-35(29-14-12-27(25-42)13-15-29)48-39(47-33)31-18-16-28(17-19-31)34-11-7-6-10-32(34)23-40-36(43)20-21-37(44)45/h3-19,26,33,35,38-39,42,46H,20-25H2,1-2H3,(H,40,43)(H,44,45)/t26-,33-,35+,38-,39+/m0/s1. The maximum absolute atomic E-state index is 12.1. The van der Waals surface area contributed by atoms with Gasteiger partial charge in [-0.05, 0) is 47.4 Å². The van der Waals surface area contributed by atoms with Gasteiger partial charge in [0.15, 0.2) is 6.29 Å². The molecule has 9 nitrogen and oxygen atoms in total. The first-order valence-corrected chi connectivity index (χ1v) is 16.3. The third-order valence-corrected chi connectivity index (χ3v) is 8.95. The predicted molar refractivity (Wildman–Crippen MR) is 183 cm³/mol. The van der Waals surface area contributed by atoms with Crippen LogP contribution >= 0.6 is 0 Å². The molecule has 4 aromatic carbocycles. The van der Waals surface area contributed by atoms with Gasteiger partial charge in [-0.3, -0.25) is 14.5 Å². The van der Waals surface area contributed by atoms with Crippen LogP contribution < -0.4 is 5.32 Å². The summed E-state index contributed by atoms with van der Waals surface area (Å²) in [6, 6.07) is 33.1. The molecular formula is C39H44N2O7. The van der Waals surface area contributed by atoms with Crippen LogP contribution in [-0.4, -0.2) is 57.8 Å². The third kappa shape index (κ3) is 9.15. The van der Waals surface area contributed by atoms with Crippen molar-refractivity contribution in [3.8, 4) is 11.1 Å². The largest absolute Gasteiger partial charge is 0.481 e. The van der Waals surface area contributed by atoms with Gasteiger partial charge in [0.05, 0.1) is 31.3 Å². The van der Waals surface area contributed by atoms with Crippen molar-refractivity contribution in [3.63, 3.8) is 0 Å². The maximum Gasteiger partial charge on any atom is 0.303 e. The lowest BCUT2D eigenvalue weighted by molar-refractivity contribution is -0.253. The Hall–Kier alpha value is -4.38. The molecule has 4 N–H and O–H groups in total. The van der Waals surface area contributed by atoms with Gasteiger partial charge in [-0.2, -0.15) is 0 Å². The normalized spacial score (nSPS) is 19.1. The lowest BCUT2D eigenvalue weighted by Crippen LogP contribution is -2.43. The van der Waals surface area contributed by atoms with Gasteiger partial charge in [0, 0.05) is 37.5 Å². The fourth-order valence-electron chi connectivity index (χ4n) is 5.97. The summed E-state index contributed by atoms with van der Waals surface area (Å²) in [4.78, 5) is 25.1. The molecule has 4 aromatic rings. The van der Waals surface area contributed by atoms with Crippen molar-refractivity contribution in [1.29, 1.82) is 0 Å². The topological polar surface area (TPSA) is 129 Å². The molecule has 48 heavy (non-hydrogen) atoms. The van der Waals surface area contributed by atoms with Crippen LogP contribution in [-0.2, 0) is 32.2 Å². The fraction of sp³-hybridized carbons (Fsp3) is 0.333. The SMILES string of the molecule is C[C@@H]([C@H](O)c1ccccc1)N(C)C[C@@H]1C[C@H](c2ccc(CO)cc2)O[C@H](c2ccc(-c3ccccc3CNC(=O)CCC(=O)O)cc2)O1. The number of rotatable bonds is 14. The highest BCUT2D eigenvalue weighted by Gasteiger charge is 2.34. The van der Waals surface area contributed by atoms with Gasteiger partial charge in [-0.15, -0.1) is 0 Å². The smallest absolute Gasteiger partial charge is 0.303 e. The minimum atomic E-state index is -1.00. The lowest BCUT2D eigenvalue weighted by atomic mass is 9.97. The molecule has 5 atom stereocenters. The van der Waals surface area contributed by atoms with Gasteiger partial charge >= 0.3 is 5.97 Å². The lowest BCUT2D eigenvalue weighted by Gasteiger charge is -2.39. The van der Waals surface area contributed by atoms with Gasteiger partial charge in [0.2, 0.25) is 5.91 Å². The van der Waals surface area contributed by atoms with Crippen molar-refractivity contribution in [3.05, 3.63) is 131 Å². The number of aliphatic carboxylic acids is 1.